The van der Waals surface area contributed by atoms with Crippen LogP contribution in [-0.2, 0) is 0 Å². The number of aromatic nitrogens is 2. The number of likely N-dealkylation sites (tertiary alicyclic amines) is 1. The molecule has 1 aromatic rings. The van der Waals surface area contributed by atoms with Gasteiger partial charge >= 0.3 is 0 Å². The highest BCUT2D eigenvalue weighted by molar-refractivity contribution is 5.25. The predicted octanol–water partition coefficient (Wildman–Crippen LogP) is 1.62. The van der Waals surface area contributed by atoms with Gasteiger partial charge in [0.25, 0.3) is 0 Å². The molecule has 0 aromatic carbocycles. The molecule has 0 radical (unpaired) electrons. The van der Waals surface area contributed by atoms with E-state index in [2.05, 4.69) is 20.2 Å². The number of imidazole rings is 1. The predicted molar refractivity (Wildman–Crippen MR) is 62.1 cm³/mol. The molecule has 0 bridgehead atoms. The van der Waals surface area contributed by atoms with Crippen LogP contribution >= 0.6 is 0 Å². The van der Waals surface area contributed by atoms with Crippen LogP contribution in [0.5, 0.6) is 0 Å². The molecule has 1 fully saturated rings. The van der Waals surface area contributed by atoms with E-state index in [1.807, 2.05) is 13.1 Å². The van der Waals surface area contributed by atoms with Crippen molar-refractivity contribution >= 4 is 5.95 Å². The van der Waals surface area contributed by atoms with Gasteiger partial charge in [-0.3, -0.25) is 0 Å². The van der Waals surface area contributed by atoms with Crippen molar-refractivity contribution in [1.29, 1.82) is 0 Å². The second-order valence-electron chi connectivity index (χ2n) is 4.24. The molecule has 1 aliphatic rings. The quantitative estimate of drug-likeness (QED) is 0.790. The number of rotatable bonds is 4. The maximum Gasteiger partial charge on any atom is 0.200 e. The molecule has 2 N–H and O–H groups in total. The van der Waals surface area contributed by atoms with Crippen molar-refractivity contribution in [2.75, 3.05) is 31.5 Å². The number of nitrogens with one attached hydrogen (secondary N) is 2. The van der Waals surface area contributed by atoms with E-state index in [9.17, 15) is 0 Å². The van der Waals surface area contributed by atoms with E-state index in [0.29, 0.717) is 0 Å². The Balaban J connectivity index is 1.65. The van der Waals surface area contributed by atoms with E-state index < -0.39 is 0 Å². The van der Waals surface area contributed by atoms with E-state index in [1.165, 1.54) is 32.4 Å². The van der Waals surface area contributed by atoms with Gasteiger partial charge in [0.15, 0.2) is 5.95 Å². The summed E-state index contributed by atoms with van der Waals surface area (Å²) in [5.41, 5.74) is 1.11. The molecule has 1 aliphatic heterocycles. The van der Waals surface area contributed by atoms with Crippen LogP contribution in [0.15, 0.2) is 6.20 Å². The summed E-state index contributed by atoms with van der Waals surface area (Å²) in [5.74, 6) is 0.893. The fourth-order valence-corrected chi connectivity index (χ4v) is 2.02. The minimum Gasteiger partial charge on any atom is -0.355 e. The average Bonchev–Trinajstić information content (AvgIpc) is 2.66. The van der Waals surface area contributed by atoms with Gasteiger partial charge in [0.1, 0.15) is 0 Å². The topological polar surface area (TPSA) is 44.0 Å². The summed E-state index contributed by atoms with van der Waals surface area (Å²) in [5, 5.41) is 3.30. The number of piperidine rings is 1. The summed E-state index contributed by atoms with van der Waals surface area (Å²) in [6.45, 7) is 6.65. The molecular weight excluding hydrogens is 188 g/mol. The standard InChI is InChI=1S/C11H20N4/c1-10-9-13-11(14-10)12-5-8-15-6-3-2-4-7-15/h9H,2-8H2,1H3,(H2,12,13,14). The molecular formula is C11H20N4. The Morgan fingerprint density at radius 2 is 2.20 bits per heavy atom. The van der Waals surface area contributed by atoms with Gasteiger partial charge in [-0.2, -0.15) is 0 Å². The van der Waals surface area contributed by atoms with Crippen LogP contribution in [0, 0.1) is 6.92 Å². The van der Waals surface area contributed by atoms with Crippen molar-refractivity contribution in [2.24, 2.45) is 0 Å². The van der Waals surface area contributed by atoms with Gasteiger partial charge in [-0.1, -0.05) is 6.42 Å². The van der Waals surface area contributed by atoms with Gasteiger partial charge in [0.2, 0.25) is 0 Å². The Bertz CT molecular complexity index is 289. The third-order valence-corrected chi connectivity index (χ3v) is 2.87. The average molecular weight is 208 g/mol. The molecule has 4 heteroatoms. The van der Waals surface area contributed by atoms with Crippen LogP contribution in [0.2, 0.25) is 0 Å². The molecule has 1 saturated heterocycles. The molecule has 0 aliphatic carbocycles. The molecule has 0 saturated carbocycles. The van der Waals surface area contributed by atoms with Crippen LogP contribution in [-0.4, -0.2) is 41.0 Å². The van der Waals surface area contributed by atoms with Crippen LogP contribution in [0.3, 0.4) is 0 Å². The monoisotopic (exact) mass is 208 g/mol. The van der Waals surface area contributed by atoms with Gasteiger partial charge in [0.05, 0.1) is 0 Å². The number of aromatic amines is 1. The fraction of sp³-hybridized carbons (Fsp3) is 0.727. The lowest BCUT2D eigenvalue weighted by Gasteiger charge is -2.26. The van der Waals surface area contributed by atoms with Crippen molar-refractivity contribution in [3.63, 3.8) is 0 Å². The van der Waals surface area contributed by atoms with Crippen LogP contribution in [0.25, 0.3) is 0 Å². The number of aryl methyl sites for hydroxylation is 1. The Hall–Kier alpha value is -1.03. The summed E-state index contributed by atoms with van der Waals surface area (Å²) in [6, 6.07) is 0. The second kappa shape index (κ2) is 5.16. The maximum atomic E-state index is 4.21. The summed E-state index contributed by atoms with van der Waals surface area (Å²) in [7, 11) is 0. The van der Waals surface area contributed by atoms with E-state index >= 15 is 0 Å². The molecule has 0 unspecified atom stereocenters. The van der Waals surface area contributed by atoms with Gasteiger partial charge in [-0.05, 0) is 32.9 Å². The molecule has 15 heavy (non-hydrogen) atoms. The number of anilines is 1. The first kappa shape index (κ1) is 10.5. The summed E-state index contributed by atoms with van der Waals surface area (Å²) in [4.78, 5) is 9.91. The van der Waals surface area contributed by atoms with Crippen molar-refractivity contribution < 1.29 is 0 Å². The SMILES string of the molecule is Cc1cnc(NCCN2CCCCC2)[nH]1. The van der Waals surface area contributed by atoms with E-state index in [0.717, 1.165) is 24.7 Å². The van der Waals surface area contributed by atoms with Crippen LogP contribution in [0.4, 0.5) is 5.95 Å². The second-order valence-corrected chi connectivity index (χ2v) is 4.24. The highest BCUT2D eigenvalue weighted by Gasteiger charge is 2.08. The molecule has 2 rings (SSSR count). The van der Waals surface area contributed by atoms with Crippen LogP contribution < -0.4 is 5.32 Å². The zero-order valence-corrected chi connectivity index (χ0v) is 9.42. The smallest absolute Gasteiger partial charge is 0.200 e. The number of H-pyrrole nitrogens is 1. The normalized spacial score (nSPS) is 17.9. The molecule has 0 atom stereocenters. The zero-order valence-electron chi connectivity index (χ0n) is 9.42. The fourth-order valence-electron chi connectivity index (χ4n) is 2.02. The molecule has 0 spiro atoms. The Kier molecular flexibility index (Phi) is 3.61. The third kappa shape index (κ3) is 3.23. The Labute approximate surface area is 91.1 Å². The highest BCUT2D eigenvalue weighted by atomic mass is 15.2. The lowest BCUT2D eigenvalue weighted by Crippen LogP contribution is -2.33. The lowest BCUT2D eigenvalue weighted by atomic mass is 10.1. The molecule has 4 nitrogen and oxygen atoms in total. The van der Waals surface area contributed by atoms with Crippen LogP contribution in [0.1, 0.15) is 25.0 Å². The minimum atomic E-state index is 0.893. The van der Waals surface area contributed by atoms with Gasteiger partial charge < -0.3 is 15.2 Å². The van der Waals surface area contributed by atoms with E-state index in [-0.39, 0.29) is 0 Å². The first-order chi connectivity index (χ1) is 7.34. The van der Waals surface area contributed by atoms with Crippen molar-refractivity contribution in [3.8, 4) is 0 Å². The minimum absolute atomic E-state index is 0.893. The molecule has 84 valence electrons. The molecule has 0 amide bonds. The van der Waals surface area contributed by atoms with Gasteiger partial charge in [-0.15, -0.1) is 0 Å². The Morgan fingerprint density at radius 3 is 2.87 bits per heavy atom. The summed E-state index contributed by atoms with van der Waals surface area (Å²) >= 11 is 0. The zero-order chi connectivity index (χ0) is 10.5. The number of hydrogen-bond donors (Lipinski definition) is 2. The third-order valence-electron chi connectivity index (χ3n) is 2.87. The lowest BCUT2D eigenvalue weighted by molar-refractivity contribution is 0.237. The van der Waals surface area contributed by atoms with Gasteiger partial charge in [-0.25, -0.2) is 4.98 Å². The summed E-state index contributed by atoms with van der Waals surface area (Å²) in [6.07, 6.45) is 5.98. The van der Waals surface area contributed by atoms with Gasteiger partial charge in [0, 0.05) is 25.0 Å². The van der Waals surface area contributed by atoms with Crippen molar-refractivity contribution in [1.82, 2.24) is 14.9 Å². The van der Waals surface area contributed by atoms with E-state index in [4.69, 9.17) is 0 Å². The van der Waals surface area contributed by atoms with Crippen molar-refractivity contribution in [2.45, 2.75) is 26.2 Å². The Morgan fingerprint density at radius 1 is 1.40 bits per heavy atom. The summed E-state index contributed by atoms with van der Waals surface area (Å²) < 4.78 is 0. The van der Waals surface area contributed by atoms with E-state index in [1.54, 1.807) is 0 Å². The maximum absolute atomic E-state index is 4.21. The number of hydrogen-bond acceptors (Lipinski definition) is 3. The highest BCUT2D eigenvalue weighted by Crippen LogP contribution is 2.08. The first-order valence-electron chi connectivity index (χ1n) is 5.82. The number of nitrogens with zero attached hydrogens (tertiary/aromatic N) is 2. The van der Waals surface area contributed by atoms with Crippen molar-refractivity contribution in [3.05, 3.63) is 11.9 Å². The molecule has 1 aromatic heterocycles. The first-order valence-corrected chi connectivity index (χ1v) is 5.82. The largest absolute Gasteiger partial charge is 0.355 e. The molecule has 2 heterocycles.